The van der Waals surface area contributed by atoms with E-state index in [9.17, 15) is 0 Å². The summed E-state index contributed by atoms with van der Waals surface area (Å²) in [6.45, 7) is 2.82. The zero-order valence-electron chi connectivity index (χ0n) is 12.1. The Balaban J connectivity index is 1.83. The van der Waals surface area contributed by atoms with Gasteiger partial charge in [0.05, 0.1) is 6.54 Å². The van der Waals surface area contributed by atoms with Crippen LogP contribution < -0.4 is 5.32 Å². The molecule has 1 aromatic heterocycles. The standard InChI is InChI=1S/C15H21N5/c1-16-8-14-7-12-5-3-4-6-13(12)9-20(14)10-15-17-11-18-19(15)2/h3-6,11,14,16H,7-10H2,1-2H3. The number of hydrogen-bond acceptors (Lipinski definition) is 4. The van der Waals surface area contributed by atoms with Crippen LogP contribution in [0.5, 0.6) is 0 Å². The molecule has 1 atom stereocenters. The number of fused-ring (bicyclic) bond motifs is 1. The maximum atomic E-state index is 4.35. The Morgan fingerprint density at radius 3 is 2.80 bits per heavy atom. The maximum absolute atomic E-state index is 4.35. The van der Waals surface area contributed by atoms with Crippen LogP contribution in [0, 0.1) is 0 Å². The highest BCUT2D eigenvalue weighted by Crippen LogP contribution is 2.24. The van der Waals surface area contributed by atoms with Crippen LogP contribution in [0.15, 0.2) is 30.6 Å². The number of aromatic nitrogens is 3. The van der Waals surface area contributed by atoms with E-state index in [1.54, 1.807) is 6.33 Å². The minimum absolute atomic E-state index is 0.506. The van der Waals surface area contributed by atoms with E-state index in [4.69, 9.17) is 0 Å². The first-order chi connectivity index (χ1) is 9.78. The first kappa shape index (κ1) is 13.3. The quantitative estimate of drug-likeness (QED) is 0.900. The molecule has 5 nitrogen and oxygen atoms in total. The third-order valence-corrected chi connectivity index (χ3v) is 4.05. The lowest BCUT2D eigenvalue weighted by atomic mass is 9.94. The summed E-state index contributed by atoms with van der Waals surface area (Å²) in [5, 5.41) is 7.47. The van der Waals surface area contributed by atoms with Gasteiger partial charge in [0.15, 0.2) is 0 Å². The van der Waals surface area contributed by atoms with Gasteiger partial charge in [0.1, 0.15) is 12.2 Å². The van der Waals surface area contributed by atoms with Gasteiger partial charge in [-0.3, -0.25) is 9.58 Å². The molecule has 1 aromatic carbocycles. The summed E-state index contributed by atoms with van der Waals surface area (Å²) >= 11 is 0. The number of hydrogen-bond donors (Lipinski definition) is 1. The smallest absolute Gasteiger partial charge is 0.140 e. The lowest BCUT2D eigenvalue weighted by molar-refractivity contribution is 0.155. The zero-order valence-corrected chi connectivity index (χ0v) is 12.1. The van der Waals surface area contributed by atoms with Crippen molar-refractivity contribution in [3.05, 3.63) is 47.5 Å². The summed E-state index contributed by atoms with van der Waals surface area (Å²) in [4.78, 5) is 6.84. The van der Waals surface area contributed by atoms with Crippen LogP contribution in [0.3, 0.4) is 0 Å². The fourth-order valence-electron chi connectivity index (χ4n) is 2.91. The predicted molar refractivity (Wildman–Crippen MR) is 78.1 cm³/mol. The second kappa shape index (κ2) is 5.73. The van der Waals surface area contributed by atoms with Crippen molar-refractivity contribution in [3.8, 4) is 0 Å². The first-order valence-corrected chi connectivity index (χ1v) is 7.06. The molecule has 0 fully saturated rings. The molecule has 106 valence electrons. The van der Waals surface area contributed by atoms with Crippen LogP contribution >= 0.6 is 0 Å². The van der Waals surface area contributed by atoms with Crippen molar-refractivity contribution >= 4 is 0 Å². The summed E-state index contributed by atoms with van der Waals surface area (Å²) < 4.78 is 1.86. The van der Waals surface area contributed by atoms with Crippen molar-refractivity contribution < 1.29 is 0 Å². The van der Waals surface area contributed by atoms with Gasteiger partial charge in [0.25, 0.3) is 0 Å². The maximum Gasteiger partial charge on any atom is 0.140 e. The fourth-order valence-corrected chi connectivity index (χ4v) is 2.91. The van der Waals surface area contributed by atoms with Crippen molar-refractivity contribution in [3.63, 3.8) is 0 Å². The Morgan fingerprint density at radius 2 is 2.10 bits per heavy atom. The van der Waals surface area contributed by atoms with E-state index < -0.39 is 0 Å². The molecule has 2 aromatic rings. The number of rotatable bonds is 4. The average Bonchev–Trinajstić information content (AvgIpc) is 2.85. The molecule has 2 heterocycles. The van der Waals surface area contributed by atoms with Crippen molar-refractivity contribution in [2.45, 2.75) is 25.6 Å². The Bertz CT molecular complexity index is 577. The summed E-state index contributed by atoms with van der Waals surface area (Å²) in [5.41, 5.74) is 2.91. The van der Waals surface area contributed by atoms with E-state index in [1.807, 2.05) is 18.8 Å². The molecule has 0 saturated heterocycles. The molecular weight excluding hydrogens is 250 g/mol. The van der Waals surface area contributed by atoms with Gasteiger partial charge in [-0.05, 0) is 24.6 Å². The van der Waals surface area contributed by atoms with Crippen LogP contribution in [0.2, 0.25) is 0 Å². The highest BCUT2D eigenvalue weighted by atomic mass is 15.3. The molecule has 3 rings (SSSR count). The van der Waals surface area contributed by atoms with E-state index in [1.165, 1.54) is 11.1 Å². The number of nitrogens with zero attached hydrogens (tertiary/aromatic N) is 4. The fraction of sp³-hybridized carbons (Fsp3) is 0.467. The molecule has 20 heavy (non-hydrogen) atoms. The number of aryl methyl sites for hydroxylation is 1. The summed E-state index contributed by atoms with van der Waals surface area (Å²) in [6, 6.07) is 9.24. The Labute approximate surface area is 119 Å². The van der Waals surface area contributed by atoms with Crippen molar-refractivity contribution in [2.24, 2.45) is 7.05 Å². The first-order valence-electron chi connectivity index (χ1n) is 7.06. The molecule has 5 heteroatoms. The van der Waals surface area contributed by atoms with E-state index in [-0.39, 0.29) is 0 Å². The topological polar surface area (TPSA) is 46.0 Å². The van der Waals surface area contributed by atoms with E-state index in [0.29, 0.717) is 6.04 Å². The van der Waals surface area contributed by atoms with Crippen molar-refractivity contribution in [1.82, 2.24) is 25.0 Å². The predicted octanol–water partition coefficient (Wildman–Crippen LogP) is 0.961. The van der Waals surface area contributed by atoms with Gasteiger partial charge < -0.3 is 5.32 Å². The largest absolute Gasteiger partial charge is 0.318 e. The second-order valence-electron chi connectivity index (χ2n) is 5.39. The van der Waals surface area contributed by atoms with Gasteiger partial charge in [-0.15, -0.1) is 0 Å². The molecule has 0 spiro atoms. The van der Waals surface area contributed by atoms with Crippen LogP contribution in [-0.4, -0.2) is 39.3 Å². The Kier molecular flexibility index (Phi) is 3.80. The molecule has 0 saturated carbocycles. The van der Waals surface area contributed by atoms with Gasteiger partial charge >= 0.3 is 0 Å². The van der Waals surface area contributed by atoms with E-state index >= 15 is 0 Å². The molecule has 0 radical (unpaired) electrons. The molecule has 1 unspecified atom stereocenters. The normalized spacial score (nSPS) is 19.0. The highest BCUT2D eigenvalue weighted by Gasteiger charge is 2.26. The third-order valence-electron chi connectivity index (χ3n) is 4.05. The summed E-state index contributed by atoms with van der Waals surface area (Å²) in [7, 11) is 3.97. The molecule has 1 aliphatic rings. The lowest BCUT2D eigenvalue weighted by Crippen LogP contribution is -2.45. The molecule has 0 aliphatic carbocycles. The zero-order chi connectivity index (χ0) is 13.9. The summed E-state index contributed by atoms with van der Waals surface area (Å²) in [6.07, 6.45) is 2.72. The second-order valence-corrected chi connectivity index (χ2v) is 5.39. The molecule has 1 aliphatic heterocycles. The average molecular weight is 271 g/mol. The van der Waals surface area contributed by atoms with Gasteiger partial charge in [-0.2, -0.15) is 5.10 Å². The molecule has 0 amide bonds. The minimum atomic E-state index is 0.506. The SMILES string of the molecule is CNCC1Cc2ccccc2CN1Cc1ncnn1C. The van der Waals surface area contributed by atoms with Crippen LogP contribution in [0.25, 0.3) is 0 Å². The third kappa shape index (κ3) is 2.59. The Morgan fingerprint density at radius 1 is 1.30 bits per heavy atom. The van der Waals surface area contributed by atoms with Crippen LogP contribution in [0.4, 0.5) is 0 Å². The van der Waals surface area contributed by atoms with Crippen molar-refractivity contribution in [1.29, 1.82) is 0 Å². The van der Waals surface area contributed by atoms with Crippen LogP contribution in [-0.2, 0) is 26.6 Å². The van der Waals surface area contributed by atoms with Crippen LogP contribution in [0.1, 0.15) is 17.0 Å². The minimum Gasteiger partial charge on any atom is -0.318 e. The highest BCUT2D eigenvalue weighted by molar-refractivity contribution is 5.30. The number of nitrogens with one attached hydrogen (secondary N) is 1. The number of likely N-dealkylation sites (N-methyl/N-ethyl adjacent to an activating group) is 1. The van der Waals surface area contributed by atoms with Gasteiger partial charge in [0, 0.05) is 26.2 Å². The summed E-state index contributed by atoms with van der Waals surface area (Å²) in [5.74, 6) is 1.02. The van der Waals surface area contributed by atoms with E-state index in [2.05, 4.69) is 44.6 Å². The molecule has 0 bridgehead atoms. The van der Waals surface area contributed by atoms with Gasteiger partial charge in [-0.25, -0.2) is 4.98 Å². The number of benzene rings is 1. The molecule has 1 N–H and O–H groups in total. The monoisotopic (exact) mass is 271 g/mol. The van der Waals surface area contributed by atoms with Gasteiger partial charge in [0.2, 0.25) is 0 Å². The van der Waals surface area contributed by atoms with Gasteiger partial charge in [-0.1, -0.05) is 24.3 Å². The Hall–Kier alpha value is -1.72. The van der Waals surface area contributed by atoms with Crippen molar-refractivity contribution in [2.75, 3.05) is 13.6 Å². The van der Waals surface area contributed by atoms with E-state index in [0.717, 1.165) is 31.9 Å². The lowest BCUT2D eigenvalue weighted by Gasteiger charge is -2.36. The molecular formula is C15H21N5.